The van der Waals surface area contributed by atoms with E-state index in [2.05, 4.69) is 21.2 Å². The van der Waals surface area contributed by atoms with E-state index < -0.39 is 11.7 Å². The van der Waals surface area contributed by atoms with Crippen LogP contribution in [0, 0.1) is 5.82 Å². The summed E-state index contributed by atoms with van der Waals surface area (Å²) in [6.45, 7) is 0. The molecular formula is C13H10BrClFN3O. The highest BCUT2D eigenvalue weighted by Gasteiger charge is 2.14. The van der Waals surface area contributed by atoms with E-state index in [-0.39, 0.29) is 16.3 Å². The van der Waals surface area contributed by atoms with Crippen molar-refractivity contribution in [2.24, 2.45) is 5.73 Å². The molecule has 0 atom stereocenters. The number of halogens is 3. The number of primary amides is 1. The fraction of sp³-hybridized carbons (Fsp3) is 0. The number of nitrogens with two attached hydrogens (primary N) is 2. The Labute approximate surface area is 128 Å². The average Bonchev–Trinajstić information content (AvgIpc) is 2.36. The predicted octanol–water partition coefficient (Wildman–Crippen LogP) is 3.67. The summed E-state index contributed by atoms with van der Waals surface area (Å²) in [6.07, 6.45) is 0. The minimum Gasteiger partial charge on any atom is -0.399 e. The molecule has 0 spiro atoms. The Morgan fingerprint density at radius 3 is 2.60 bits per heavy atom. The third kappa shape index (κ3) is 3.02. The number of nitrogens with one attached hydrogen (secondary N) is 1. The van der Waals surface area contributed by atoms with Gasteiger partial charge in [-0.2, -0.15) is 0 Å². The van der Waals surface area contributed by atoms with Crippen molar-refractivity contribution in [1.82, 2.24) is 0 Å². The largest absolute Gasteiger partial charge is 0.399 e. The summed E-state index contributed by atoms with van der Waals surface area (Å²) in [5.74, 6) is -1.12. The highest BCUT2D eigenvalue weighted by atomic mass is 79.9. The summed E-state index contributed by atoms with van der Waals surface area (Å²) >= 11 is 9.10. The second-order valence-electron chi connectivity index (χ2n) is 4.04. The molecule has 2 aromatic carbocycles. The second kappa shape index (κ2) is 5.68. The van der Waals surface area contributed by atoms with Crippen molar-refractivity contribution in [3.05, 3.63) is 51.2 Å². The molecule has 1 amide bonds. The van der Waals surface area contributed by atoms with Crippen LogP contribution in [-0.2, 0) is 0 Å². The quantitative estimate of drug-likeness (QED) is 0.732. The number of carbonyl (C=O) groups excluding carboxylic acids is 1. The van der Waals surface area contributed by atoms with Crippen LogP contribution in [-0.4, -0.2) is 5.91 Å². The highest BCUT2D eigenvalue weighted by Crippen LogP contribution is 2.32. The number of carbonyl (C=O) groups is 1. The number of hydrogen-bond donors (Lipinski definition) is 3. The van der Waals surface area contributed by atoms with Crippen LogP contribution in [0.3, 0.4) is 0 Å². The van der Waals surface area contributed by atoms with Crippen LogP contribution in [0.5, 0.6) is 0 Å². The van der Waals surface area contributed by atoms with Crippen LogP contribution < -0.4 is 16.8 Å². The molecule has 2 aromatic rings. The first-order valence-corrected chi connectivity index (χ1v) is 6.66. The summed E-state index contributed by atoms with van der Waals surface area (Å²) in [5.41, 5.74) is 12.1. The number of benzene rings is 2. The SMILES string of the molecule is NC(=O)c1cc(N)cc(Cl)c1Nc1ccc(Br)c(F)c1. The summed E-state index contributed by atoms with van der Waals surface area (Å²) in [7, 11) is 0. The maximum atomic E-state index is 13.5. The van der Waals surface area contributed by atoms with Gasteiger partial charge in [-0.1, -0.05) is 11.6 Å². The summed E-state index contributed by atoms with van der Waals surface area (Å²) < 4.78 is 13.8. The van der Waals surface area contributed by atoms with E-state index in [0.29, 0.717) is 15.8 Å². The van der Waals surface area contributed by atoms with Crippen molar-refractivity contribution in [3.63, 3.8) is 0 Å². The summed E-state index contributed by atoms with van der Waals surface area (Å²) in [6, 6.07) is 7.32. The van der Waals surface area contributed by atoms with Gasteiger partial charge in [-0.3, -0.25) is 4.79 Å². The smallest absolute Gasteiger partial charge is 0.250 e. The molecule has 0 aliphatic rings. The van der Waals surface area contributed by atoms with Crippen LogP contribution in [0.15, 0.2) is 34.8 Å². The van der Waals surface area contributed by atoms with Gasteiger partial charge in [-0.15, -0.1) is 0 Å². The molecule has 104 valence electrons. The van der Waals surface area contributed by atoms with Crippen LogP contribution >= 0.6 is 27.5 Å². The molecule has 0 heterocycles. The zero-order valence-corrected chi connectivity index (χ0v) is 12.4. The van der Waals surface area contributed by atoms with E-state index in [4.69, 9.17) is 23.1 Å². The van der Waals surface area contributed by atoms with Crippen molar-refractivity contribution in [2.75, 3.05) is 11.1 Å². The molecule has 0 unspecified atom stereocenters. The van der Waals surface area contributed by atoms with Gasteiger partial charge < -0.3 is 16.8 Å². The lowest BCUT2D eigenvalue weighted by Crippen LogP contribution is -2.14. The molecule has 7 heteroatoms. The molecular weight excluding hydrogens is 349 g/mol. The number of hydrogen-bond acceptors (Lipinski definition) is 3. The highest BCUT2D eigenvalue weighted by molar-refractivity contribution is 9.10. The Hall–Kier alpha value is -1.79. The van der Waals surface area contributed by atoms with Gasteiger partial charge in [-0.05, 0) is 46.3 Å². The minimum absolute atomic E-state index is 0.137. The molecule has 2 rings (SSSR count). The van der Waals surface area contributed by atoms with Crippen LogP contribution in [0.4, 0.5) is 21.5 Å². The number of nitrogen functional groups attached to an aromatic ring is 1. The van der Waals surface area contributed by atoms with Crippen molar-refractivity contribution in [2.45, 2.75) is 0 Å². The molecule has 0 aliphatic carbocycles. The fourth-order valence-corrected chi connectivity index (χ4v) is 2.19. The maximum Gasteiger partial charge on any atom is 0.250 e. The van der Waals surface area contributed by atoms with Crippen molar-refractivity contribution >= 4 is 50.5 Å². The molecule has 4 nitrogen and oxygen atoms in total. The number of amides is 1. The molecule has 0 radical (unpaired) electrons. The Balaban J connectivity index is 2.47. The van der Waals surface area contributed by atoms with E-state index in [9.17, 15) is 9.18 Å². The van der Waals surface area contributed by atoms with Crippen LogP contribution in [0.2, 0.25) is 5.02 Å². The first kappa shape index (κ1) is 14.6. The van der Waals surface area contributed by atoms with Gasteiger partial charge in [0, 0.05) is 11.4 Å². The minimum atomic E-state index is -0.681. The number of anilines is 3. The molecule has 0 aromatic heterocycles. The fourth-order valence-electron chi connectivity index (χ4n) is 1.67. The third-order valence-corrected chi connectivity index (χ3v) is 3.51. The maximum absolute atomic E-state index is 13.5. The van der Waals surface area contributed by atoms with E-state index in [1.807, 2.05) is 0 Å². The van der Waals surface area contributed by atoms with Gasteiger partial charge in [0.15, 0.2) is 0 Å². The Morgan fingerprint density at radius 2 is 2.00 bits per heavy atom. The van der Waals surface area contributed by atoms with Gasteiger partial charge in [0.25, 0.3) is 5.91 Å². The topological polar surface area (TPSA) is 81.1 Å². The zero-order valence-electron chi connectivity index (χ0n) is 10.1. The Morgan fingerprint density at radius 1 is 1.30 bits per heavy atom. The third-order valence-electron chi connectivity index (χ3n) is 2.57. The predicted molar refractivity (Wildman–Crippen MR) is 81.8 cm³/mol. The standard InChI is InChI=1S/C13H10BrClFN3O/c14-9-2-1-7(5-11(9)16)19-12-8(13(18)20)3-6(17)4-10(12)15/h1-5,19H,17H2,(H2,18,20). The van der Waals surface area contributed by atoms with E-state index in [1.54, 1.807) is 6.07 Å². The zero-order chi connectivity index (χ0) is 14.9. The second-order valence-corrected chi connectivity index (χ2v) is 5.30. The molecule has 5 N–H and O–H groups in total. The van der Waals surface area contributed by atoms with Gasteiger partial charge in [0.1, 0.15) is 5.82 Å². The first-order chi connectivity index (χ1) is 9.38. The van der Waals surface area contributed by atoms with Crippen LogP contribution in [0.1, 0.15) is 10.4 Å². The summed E-state index contributed by atoms with van der Waals surface area (Å²) in [5, 5.41) is 3.09. The molecule has 0 fully saturated rings. The normalized spacial score (nSPS) is 10.3. The Bertz CT molecular complexity index is 694. The molecule has 20 heavy (non-hydrogen) atoms. The monoisotopic (exact) mass is 357 g/mol. The van der Waals surface area contributed by atoms with E-state index in [1.165, 1.54) is 24.3 Å². The van der Waals surface area contributed by atoms with Crippen molar-refractivity contribution in [1.29, 1.82) is 0 Å². The van der Waals surface area contributed by atoms with Gasteiger partial charge in [0.05, 0.1) is 20.7 Å². The molecule has 0 saturated carbocycles. The lowest BCUT2D eigenvalue weighted by molar-refractivity contribution is 0.100. The number of rotatable bonds is 3. The van der Waals surface area contributed by atoms with Crippen molar-refractivity contribution < 1.29 is 9.18 Å². The van der Waals surface area contributed by atoms with Crippen molar-refractivity contribution in [3.8, 4) is 0 Å². The van der Waals surface area contributed by atoms with E-state index >= 15 is 0 Å². The lowest BCUT2D eigenvalue weighted by Gasteiger charge is -2.13. The lowest BCUT2D eigenvalue weighted by atomic mass is 10.1. The van der Waals surface area contributed by atoms with Gasteiger partial charge >= 0.3 is 0 Å². The molecule has 0 bridgehead atoms. The molecule has 0 aliphatic heterocycles. The van der Waals surface area contributed by atoms with Gasteiger partial charge in [-0.25, -0.2) is 4.39 Å². The van der Waals surface area contributed by atoms with Crippen LogP contribution in [0.25, 0.3) is 0 Å². The van der Waals surface area contributed by atoms with E-state index in [0.717, 1.165) is 0 Å². The van der Waals surface area contributed by atoms with Gasteiger partial charge in [0.2, 0.25) is 0 Å². The average molecular weight is 359 g/mol. The molecule has 0 saturated heterocycles. The summed E-state index contributed by atoms with van der Waals surface area (Å²) in [4.78, 5) is 11.4. The Kier molecular flexibility index (Phi) is 4.15. The first-order valence-electron chi connectivity index (χ1n) is 5.49.